The third-order valence-electron chi connectivity index (χ3n) is 3.15. The van der Waals surface area contributed by atoms with Crippen molar-refractivity contribution in [2.75, 3.05) is 19.1 Å². The molecule has 0 fully saturated rings. The number of anilines is 1. The van der Waals surface area contributed by atoms with E-state index in [1.807, 2.05) is 30.0 Å². The molecule has 0 aliphatic heterocycles. The second-order valence-electron chi connectivity index (χ2n) is 4.31. The van der Waals surface area contributed by atoms with Crippen molar-refractivity contribution in [3.63, 3.8) is 0 Å². The number of nitrogen functional groups attached to an aromatic ring is 1. The number of aromatic nitrogens is 2. The zero-order chi connectivity index (χ0) is 13.1. The summed E-state index contributed by atoms with van der Waals surface area (Å²) in [7, 11) is 1.65. The Hall–Kier alpha value is -1.36. The van der Waals surface area contributed by atoms with Crippen molar-refractivity contribution in [1.82, 2.24) is 9.55 Å². The van der Waals surface area contributed by atoms with Crippen LogP contribution in [0, 0.1) is 0 Å². The number of imidazole rings is 1. The van der Waals surface area contributed by atoms with Gasteiger partial charge in [0, 0.05) is 17.9 Å². The topological polar surface area (TPSA) is 53.1 Å². The van der Waals surface area contributed by atoms with E-state index in [4.69, 9.17) is 10.5 Å². The van der Waals surface area contributed by atoms with Gasteiger partial charge in [0.25, 0.3) is 0 Å². The Bertz CT molecular complexity index is 538. The summed E-state index contributed by atoms with van der Waals surface area (Å²) in [6.45, 7) is 3.12. The molecule has 1 aromatic carbocycles. The van der Waals surface area contributed by atoms with Crippen LogP contribution in [0.3, 0.4) is 0 Å². The fourth-order valence-corrected chi connectivity index (χ4v) is 2.26. The van der Waals surface area contributed by atoms with Gasteiger partial charge in [-0.2, -0.15) is 11.8 Å². The summed E-state index contributed by atoms with van der Waals surface area (Å²) in [5, 5.41) is 0.625. The molecule has 1 heterocycles. The van der Waals surface area contributed by atoms with Crippen molar-refractivity contribution in [2.45, 2.75) is 25.1 Å². The second kappa shape index (κ2) is 5.52. The number of nitrogens with two attached hydrogens (primary N) is 1. The molecule has 2 N–H and O–H groups in total. The van der Waals surface area contributed by atoms with Gasteiger partial charge in [0.15, 0.2) is 0 Å². The van der Waals surface area contributed by atoms with E-state index in [0.29, 0.717) is 11.2 Å². The molecule has 0 saturated carbocycles. The Morgan fingerprint density at radius 3 is 2.94 bits per heavy atom. The first-order valence-electron chi connectivity index (χ1n) is 5.98. The molecule has 1 aromatic heterocycles. The molecule has 0 spiro atoms. The summed E-state index contributed by atoms with van der Waals surface area (Å²) in [5.41, 5.74) is 7.94. The van der Waals surface area contributed by atoms with Crippen LogP contribution >= 0.6 is 11.8 Å². The zero-order valence-corrected chi connectivity index (χ0v) is 11.8. The number of nitrogens with zero attached hydrogens (tertiary/aromatic N) is 2. The largest absolute Gasteiger partial charge is 0.497 e. The number of methoxy groups -OCH3 is 1. The number of aryl methyl sites for hydroxylation is 1. The van der Waals surface area contributed by atoms with E-state index < -0.39 is 0 Å². The van der Waals surface area contributed by atoms with Crippen LogP contribution in [0.25, 0.3) is 11.0 Å². The lowest BCUT2D eigenvalue weighted by Gasteiger charge is -2.10. The number of ether oxygens (including phenoxy) is 1. The summed E-state index contributed by atoms with van der Waals surface area (Å²) in [4.78, 5) is 4.38. The minimum absolute atomic E-state index is 0.576. The molecular formula is C13H19N3OS. The number of rotatable bonds is 5. The van der Waals surface area contributed by atoms with Crippen molar-refractivity contribution in [2.24, 2.45) is 0 Å². The first-order chi connectivity index (χ1) is 8.65. The van der Waals surface area contributed by atoms with Crippen LogP contribution in [0.1, 0.15) is 13.3 Å². The molecule has 98 valence electrons. The Morgan fingerprint density at radius 2 is 2.28 bits per heavy atom. The molecule has 18 heavy (non-hydrogen) atoms. The SMILES string of the molecule is COc1ccc2c(c1)nc(N)n2CCC(C)SC. The summed E-state index contributed by atoms with van der Waals surface area (Å²) < 4.78 is 7.26. The van der Waals surface area contributed by atoms with Gasteiger partial charge >= 0.3 is 0 Å². The average molecular weight is 265 g/mol. The van der Waals surface area contributed by atoms with Crippen LogP contribution in [-0.4, -0.2) is 28.2 Å². The Balaban J connectivity index is 2.29. The molecule has 5 heteroatoms. The summed E-state index contributed by atoms with van der Waals surface area (Å²) >= 11 is 1.87. The number of hydrogen-bond acceptors (Lipinski definition) is 4. The summed E-state index contributed by atoms with van der Waals surface area (Å²) in [5.74, 6) is 1.39. The standard InChI is InChI=1S/C13H19N3OS/c1-9(18-3)6-7-16-12-5-4-10(17-2)8-11(12)15-13(16)14/h4-5,8-9H,6-7H2,1-3H3,(H2,14,15). The maximum atomic E-state index is 5.98. The Morgan fingerprint density at radius 1 is 1.50 bits per heavy atom. The van der Waals surface area contributed by atoms with Crippen LogP contribution in [0.5, 0.6) is 5.75 Å². The molecule has 2 aromatic rings. The van der Waals surface area contributed by atoms with Crippen LogP contribution < -0.4 is 10.5 Å². The van der Waals surface area contributed by atoms with Crippen molar-refractivity contribution in [3.8, 4) is 5.75 Å². The van der Waals surface area contributed by atoms with E-state index in [1.165, 1.54) is 0 Å². The van der Waals surface area contributed by atoms with Crippen molar-refractivity contribution < 1.29 is 4.74 Å². The lowest BCUT2D eigenvalue weighted by Crippen LogP contribution is -2.07. The molecule has 0 bridgehead atoms. The molecule has 0 aliphatic rings. The van der Waals surface area contributed by atoms with E-state index in [2.05, 4.69) is 22.7 Å². The molecule has 0 aliphatic carbocycles. The predicted molar refractivity (Wildman–Crippen MR) is 78.3 cm³/mol. The quantitative estimate of drug-likeness (QED) is 0.903. The predicted octanol–water partition coefficient (Wildman–Crippen LogP) is 2.77. The summed E-state index contributed by atoms with van der Waals surface area (Å²) in [6, 6.07) is 5.87. The highest BCUT2D eigenvalue weighted by Crippen LogP contribution is 2.24. The van der Waals surface area contributed by atoms with Gasteiger partial charge < -0.3 is 15.0 Å². The van der Waals surface area contributed by atoms with Gasteiger partial charge in [-0.3, -0.25) is 0 Å². The zero-order valence-electron chi connectivity index (χ0n) is 11.0. The maximum Gasteiger partial charge on any atom is 0.201 e. The highest BCUT2D eigenvalue weighted by Gasteiger charge is 2.10. The average Bonchev–Trinajstić information content (AvgIpc) is 2.70. The lowest BCUT2D eigenvalue weighted by molar-refractivity contribution is 0.415. The van der Waals surface area contributed by atoms with Crippen LogP contribution in [0.4, 0.5) is 5.95 Å². The first kappa shape index (κ1) is 13.1. The van der Waals surface area contributed by atoms with Gasteiger partial charge in [0.05, 0.1) is 18.1 Å². The molecule has 0 saturated heterocycles. The fourth-order valence-electron chi connectivity index (χ4n) is 1.92. The number of hydrogen-bond donors (Lipinski definition) is 1. The first-order valence-corrected chi connectivity index (χ1v) is 7.27. The van der Waals surface area contributed by atoms with Crippen LogP contribution in [0.15, 0.2) is 18.2 Å². The van der Waals surface area contributed by atoms with Crippen LogP contribution in [0.2, 0.25) is 0 Å². The van der Waals surface area contributed by atoms with Crippen LogP contribution in [-0.2, 0) is 6.54 Å². The normalized spacial score (nSPS) is 12.8. The highest BCUT2D eigenvalue weighted by molar-refractivity contribution is 7.99. The van der Waals surface area contributed by atoms with E-state index in [-0.39, 0.29) is 0 Å². The van der Waals surface area contributed by atoms with E-state index >= 15 is 0 Å². The number of thioether (sulfide) groups is 1. The third-order valence-corrected chi connectivity index (χ3v) is 4.19. The minimum atomic E-state index is 0.576. The van der Waals surface area contributed by atoms with Gasteiger partial charge in [-0.15, -0.1) is 0 Å². The maximum absolute atomic E-state index is 5.98. The van der Waals surface area contributed by atoms with Crippen molar-refractivity contribution in [1.29, 1.82) is 0 Å². The Labute approximate surface area is 112 Å². The molecule has 4 nitrogen and oxygen atoms in total. The van der Waals surface area contributed by atoms with E-state index in [0.717, 1.165) is 29.7 Å². The molecule has 0 radical (unpaired) electrons. The van der Waals surface area contributed by atoms with Crippen molar-refractivity contribution in [3.05, 3.63) is 18.2 Å². The fraction of sp³-hybridized carbons (Fsp3) is 0.462. The minimum Gasteiger partial charge on any atom is -0.497 e. The second-order valence-corrected chi connectivity index (χ2v) is 5.59. The lowest BCUT2D eigenvalue weighted by atomic mass is 10.3. The van der Waals surface area contributed by atoms with Gasteiger partial charge in [-0.25, -0.2) is 4.98 Å². The van der Waals surface area contributed by atoms with Gasteiger partial charge in [-0.05, 0) is 24.8 Å². The molecule has 1 atom stereocenters. The monoisotopic (exact) mass is 265 g/mol. The highest BCUT2D eigenvalue weighted by atomic mass is 32.2. The molecule has 1 unspecified atom stereocenters. The number of fused-ring (bicyclic) bond motifs is 1. The van der Waals surface area contributed by atoms with Gasteiger partial charge in [0.2, 0.25) is 5.95 Å². The summed E-state index contributed by atoms with van der Waals surface area (Å²) in [6.07, 6.45) is 3.22. The number of benzene rings is 1. The van der Waals surface area contributed by atoms with Crippen molar-refractivity contribution >= 4 is 28.7 Å². The van der Waals surface area contributed by atoms with Gasteiger partial charge in [-0.1, -0.05) is 6.92 Å². The molecule has 2 rings (SSSR count). The van der Waals surface area contributed by atoms with E-state index in [1.54, 1.807) is 7.11 Å². The smallest absolute Gasteiger partial charge is 0.201 e. The third kappa shape index (κ3) is 2.56. The van der Waals surface area contributed by atoms with Gasteiger partial charge in [0.1, 0.15) is 5.75 Å². The molecular weight excluding hydrogens is 246 g/mol. The Kier molecular flexibility index (Phi) is 4.01. The van der Waals surface area contributed by atoms with E-state index in [9.17, 15) is 0 Å². The molecule has 0 amide bonds.